The maximum absolute atomic E-state index is 14.6. The summed E-state index contributed by atoms with van der Waals surface area (Å²) in [6.45, 7) is 2.34. The fourth-order valence-corrected chi connectivity index (χ4v) is 5.93. The van der Waals surface area contributed by atoms with Crippen molar-refractivity contribution in [2.75, 3.05) is 26.8 Å². The van der Waals surface area contributed by atoms with Crippen molar-refractivity contribution in [3.8, 4) is 17.2 Å². The molecule has 4 aromatic rings. The molecule has 4 heterocycles. The lowest BCUT2D eigenvalue weighted by molar-refractivity contribution is -0.135. The highest BCUT2D eigenvalue weighted by Crippen LogP contribution is 2.29. The summed E-state index contributed by atoms with van der Waals surface area (Å²) in [4.78, 5) is 45.5. The van der Waals surface area contributed by atoms with Crippen LogP contribution in [0.5, 0.6) is 17.2 Å². The minimum Gasteiger partial charge on any atom is -0.493 e. The van der Waals surface area contributed by atoms with E-state index in [1.807, 2.05) is 35.7 Å². The van der Waals surface area contributed by atoms with Gasteiger partial charge < -0.3 is 34.1 Å². The minimum absolute atomic E-state index is 0.114. The number of piperidine rings is 1. The first kappa shape index (κ1) is 30.9. The second-order valence-electron chi connectivity index (χ2n) is 11.6. The predicted octanol–water partition coefficient (Wildman–Crippen LogP) is 3.14. The van der Waals surface area contributed by atoms with E-state index in [-0.39, 0.29) is 50.1 Å². The Morgan fingerprint density at radius 2 is 1.98 bits per heavy atom. The van der Waals surface area contributed by atoms with Gasteiger partial charge in [-0.05, 0) is 60.4 Å². The Kier molecular flexibility index (Phi) is 9.04. The van der Waals surface area contributed by atoms with Crippen LogP contribution in [0, 0.1) is 12.7 Å². The first-order chi connectivity index (χ1) is 22.2. The van der Waals surface area contributed by atoms with E-state index in [0.29, 0.717) is 36.4 Å². The zero-order valence-corrected chi connectivity index (χ0v) is 25.8. The Morgan fingerprint density at radius 1 is 1.11 bits per heavy atom. The van der Waals surface area contributed by atoms with Gasteiger partial charge in [0.25, 0.3) is 5.91 Å². The number of hydrogen-bond donors (Lipinski definition) is 2. The average molecular weight is 630 g/mol. The van der Waals surface area contributed by atoms with Gasteiger partial charge in [-0.2, -0.15) is 0 Å². The van der Waals surface area contributed by atoms with Crippen molar-refractivity contribution >= 4 is 23.4 Å². The fourth-order valence-electron chi connectivity index (χ4n) is 5.93. The molecule has 2 aliphatic rings. The first-order valence-electron chi connectivity index (χ1n) is 15.3. The van der Waals surface area contributed by atoms with Crippen molar-refractivity contribution < 1.29 is 33.0 Å². The lowest BCUT2D eigenvalue weighted by atomic mass is 10.0. The summed E-state index contributed by atoms with van der Waals surface area (Å²) in [6.07, 6.45) is 4.19. The Hall–Kier alpha value is -5.13. The van der Waals surface area contributed by atoms with E-state index < -0.39 is 23.9 Å². The number of ether oxygens (including phenoxy) is 3. The summed E-state index contributed by atoms with van der Waals surface area (Å²) >= 11 is 0. The number of fused-ring (bicyclic) bond motifs is 6. The van der Waals surface area contributed by atoms with E-state index in [1.54, 1.807) is 29.3 Å². The van der Waals surface area contributed by atoms with Gasteiger partial charge in [0.1, 0.15) is 23.3 Å². The highest BCUT2D eigenvalue weighted by molar-refractivity contribution is 5.80. The van der Waals surface area contributed by atoms with Gasteiger partial charge >= 0.3 is 0 Å². The van der Waals surface area contributed by atoms with Crippen LogP contribution in [0.25, 0.3) is 5.65 Å². The molecule has 2 aromatic heterocycles. The largest absolute Gasteiger partial charge is 0.493 e. The summed E-state index contributed by atoms with van der Waals surface area (Å²) in [5.74, 6) is -0.136. The number of halogens is 1. The van der Waals surface area contributed by atoms with Crippen LogP contribution in [-0.4, -0.2) is 71.0 Å². The van der Waals surface area contributed by atoms with E-state index >= 15 is 0 Å². The molecule has 0 unspecified atom stereocenters. The number of aryl methyl sites for hydroxylation is 2. The summed E-state index contributed by atoms with van der Waals surface area (Å²) in [6, 6.07) is 12.9. The molecule has 2 N–H and O–H groups in total. The number of carbonyl (C=O) groups excluding carboxylic acids is 3. The van der Waals surface area contributed by atoms with Gasteiger partial charge in [-0.15, -0.1) is 0 Å². The number of likely N-dealkylation sites (tertiary alicyclic amines) is 1. The molecule has 0 saturated carbocycles. The van der Waals surface area contributed by atoms with Gasteiger partial charge in [0.2, 0.25) is 11.8 Å². The van der Waals surface area contributed by atoms with Gasteiger partial charge in [0, 0.05) is 50.9 Å². The van der Waals surface area contributed by atoms with Gasteiger partial charge in [-0.25, -0.2) is 9.37 Å². The minimum atomic E-state index is -0.614. The quantitative estimate of drug-likeness (QED) is 0.357. The number of carbonyl (C=O) groups is 3. The van der Waals surface area contributed by atoms with E-state index in [0.717, 1.165) is 22.5 Å². The molecule has 1 saturated heterocycles. The lowest BCUT2D eigenvalue weighted by Crippen LogP contribution is -2.58. The summed E-state index contributed by atoms with van der Waals surface area (Å²) < 4.78 is 34.1. The third-order valence-electron chi connectivity index (χ3n) is 8.32. The Labute approximate surface area is 265 Å². The van der Waals surface area contributed by atoms with Crippen LogP contribution in [0.1, 0.15) is 35.2 Å². The molecule has 0 aliphatic carbocycles. The highest BCUT2D eigenvalue weighted by Gasteiger charge is 2.34. The molecule has 6 rings (SSSR count). The van der Waals surface area contributed by atoms with Crippen molar-refractivity contribution in [3.05, 3.63) is 89.1 Å². The van der Waals surface area contributed by atoms with Crippen LogP contribution < -0.4 is 24.8 Å². The zero-order chi connectivity index (χ0) is 32.2. The van der Waals surface area contributed by atoms with Crippen LogP contribution in [0.4, 0.5) is 4.39 Å². The topological polar surface area (TPSA) is 124 Å². The number of amides is 3. The number of nitrogens with one attached hydrogen (secondary N) is 2. The standard InChI is InChI=1S/C34H36FN5O6/c1-21-4-3-10-40-25(18-37-34(21)40)16-33(43)39-11-9-28-27(19-39)38-32(42)20-45-30-14-22(5-7-29(30)44-2)6-8-31(41)36-17-23-12-24(35)15-26(13-23)46-28/h3-5,7,10,12-15,18,27-28H,6,8-9,11,16-17,19-20H2,1-2H3,(H,36,41)(H,38,42)/t27-,28-/m1/s1. The molecule has 240 valence electrons. The van der Waals surface area contributed by atoms with Gasteiger partial charge in [0.15, 0.2) is 18.1 Å². The molecule has 0 spiro atoms. The number of pyridine rings is 1. The Balaban J connectivity index is 1.24. The number of nitrogens with zero attached hydrogens (tertiary/aromatic N) is 3. The van der Waals surface area contributed by atoms with Crippen LogP contribution >= 0.6 is 0 Å². The smallest absolute Gasteiger partial charge is 0.258 e. The number of rotatable bonds is 3. The maximum atomic E-state index is 14.6. The van der Waals surface area contributed by atoms with Gasteiger partial charge in [-0.3, -0.25) is 14.4 Å². The van der Waals surface area contributed by atoms with E-state index in [1.165, 1.54) is 19.2 Å². The molecule has 46 heavy (non-hydrogen) atoms. The normalized spacial score (nSPS) is 19.1. The van der Waals surface area contributed by atoms with Crippen LogP contribution in [0.15, 0.2) is 60.9 Å². The van der Waals surface area contributed by atoms with Gasteiger partial charge in [0.05, 0.1) is 25.3 Å². The molecular weight excluding hydrogens is 593 g/mol. The molecule has 2 atom stereocenters. The van der Waals surface area contributed by atoms with Crippen molar-refractivity contribution in [3.63, 3.8) is 0 Å². The van der Waals surface area contributed by atoms with Crippen LogP contribution in [0.3, 0.4) is 0 Å². The number of methoxy groups -OCH3 is 1. The predicted molar refractivity (Wildman–Crippen MR) is 166 cm³/mol. The molecule has 3 amide bonds. The zero-order valence-electron chi connectivity index (χ0n) is 25.8. The van der Waals surface area contributed by atoms with Crippen molar-refractivity contribution in [2.45, 2.75) is 51.3 Å². The monoisotopic (exact) mass is 629 g/mol. The van der Waals surface area contributed by atoms with Crippen molar-refractivity contribution in [1.29, 1.82) is 0 Å². The molecule has 2 aromatic carbocycles. The summed E-state index contributed by atoms with van der Waals surface area (Å²) in [5.41, 5.74) is 3.94. The highest BCUT2D eigenvalue weighted by atomic mass is 19.1. The Bertz CT molecular complexity index is 1770. The fraction of sp³-hybridized carbons (Fsp3) is 0.353. The second kappa shape index (κ2) is 13.5. The van der Waals surface area contributed by atoms with Crippen LogP contribution in [0.2, 0.25) is 0 Å². The number of hydrogen-bond acceptors (Lipinski definition) is 7. The van der Waals surface area contributed by atoms with E-state index in [4.69, 9.17) is 14.2 Å². The molecule has 4 bridgehead atoms. The molecular formula is C34H36FN5O6. The first-order valence-corrected chi connectivity index (χ1v) is 15.3. The van der Waals surface area contributed by atoms with E-state index in [9.17, 15) is 18.8 Å². The number of imidazole rings is 1. The molecule has 2 aliphatic heterocycles. The Morgan fingerprint density at radius 3 is 2.83 bits per heavy atom. The number of benzene rings is 2. The van der Waals surface area contributed by atoms with Gasteiger partial charge in [-0.1, -0.05) is 12.1 Å². The maximum Gasteiger partial charge on any atom is 0.258 e. The molecule has 11 nitrogen and oxygen atoms in total. The molecule has 1 fully saturated rings. The summed E-state index contributed by atoms with van der Waals surface area (Å²) in [5, 5.41) is 5.83. The molecule has 0 radical (unpaired) electrons. The second-order valence-corrected chi connectivity index (χ2v) is 11.6. The average Bonchev–Trinajstić information content (AvgIpc) is 3.45. The van der Waals surface area contributed by atoms with Crippen molar-refractivity contribution in [2.24, 2.45) is 0 Å². The lowest BCUT2D eigenvalue weighted by Gasteiger charge is -2.39. The SMILES string of the molecule is COc1ccc2cc1OCC(=O)N[C@@H]1CN(C(=O)Cc3cnc4c(C)cccn34)CC[C@H]1Oc1cc(F)cc(c1)CNC(=O)CC2. The number of aromatic nitrogens is 2. The summed E-state index contributed by atoms with van der Waals surface area (Å²) in [7, 11) is 1.51. The van der Waals surface area contributed by atoms with E-state index in [2.05, 4.69) is 15.6 Å². The van der Waals surface area contributed by atoms with Crippen LogP contribution in [-0.2, 0) is 33.8 Å². The third kappa shape index (κ3) is 7.06. The van der Waals surface area contributed by atoms with Crippen molar-refractivity contribution in [1.82, 2.24) is 24.9 Å². The molecule has 12 heteroatoms. The third-order valence-corrected chi connectivity index (χ3v) is 8.32.